The van der Waals surface area contributed by atoms with Gasteiger partial charge in [0.25, 0.3) is 0 Å². The van der Waals surface area contributed by atoms with Crippen molar-refractivity contribution in [3.63, 3.8) is 0 Å². The lowest BCUT2D eigenvalue weighted by atomic mass is 9.70. The van der Waals surface area contributed by atoms with Crippen LogP contribution in [0.1, 0.15) is 44.2 Å². The van der Waals surface area contributed by atoms with Crippen LogP contribution in [0, 0.1) is 0 Å². The third-order valence-electron chi connectivity index (χ3n) is 7.03. The first-order valence-corrected chi connectivity index (χ1v) is 10.0. The van der Waals surface area contributed by atoms with E-state index in [2.05, 4.69) is 50.5 Å². The van der Waals surface area contributed by atoms with Gasteiger partial charge in [0.1, 0.15) is 5.41 Å². The largest absolute Gasteiger partial charge is 1.00 e. The minimum absolute atomic E-state index is 0. The van der Waals surface area contributed by atoms with Crippen molar-refractivity contribution in [2.45, 2.75) is 44.1 Å². The Hall–Kier alpha value is -1.40. The molecule has 1 amide bonds. The first-order valence-electron chi connectivity index (χ1n) is 10.0. The molecule has 0 aromatic heterocycles. The number of quaternary nitrogens is 1. The van der Waals surface area contributed by atoms with E-state index in [-0.39, 0.29) is 35.4 Å². The number of nitrogens with one attached hydrogen (secondary N) is 1. The Balaban J connectivity index is 0.00000280. The second kappa shape index (κ2) is 8.95. The van der Waals surface area contributed by atoms with Crippen molar-refractivity contribution in [3.8, 4) is 0 Å². The normalized spacial score (nSPS) is 21.0. The van der Waals surface area contributed by atoms with Crippen LogP contribution >= 0.6 is 0 Å². The fraction of sp³-hybridized carbons (Fsp3) is 0.458. The highest BCUT2D eigenvalue weighted by molar-refractivity contribution is 5.92. The van der Waals surface area contributed by atoms with Gasteiger partial charge in [0.05, 0.1) is 25.7 Å². The van der Waals surface area contributed by atoms with Crippen LogP contribution in [0.2, 0.25) is 0 Å². The number of benzene rings is 2. The fourth-order valence-electron chi connectivity index (χ4n) is 4.75. The zero-order valence-electron chi connectivity index (χ0n) is 17.5. The van der Waals surface area contributed by atoms with Crippen molar-refractivity contribution in [3.05, 3.63) is 71.8 Å². The molecule has 3 rings (SSSR count). The van der Waals surface area contributed by atoms with Crippen LogP contribution in [0.4, 0.5) is 0 Å². The van der Waals surface area contributed by atoms with E-state index in [1.54, 1.807) is 7.05 Å². The Morgan fingerprint density at radius 1 is 1.04 bits per heavy atom. The molecular weight excluding hydrogens is 459 g/mol. The van der Waals surface area contributed by atoms with Gasteiger partial charge in [0, 0.05) is 26.3 Å². The van der Waals surface area contributed by atoms with Gasteiger partial charge in [-0.15, -0.1) is 0 Å². The molecule has 1 aliphatic heterocycles. The molecule has 3 nitrogen and oxygen atoms in total. The number of hydrogen-bond acceptors (Lipinski definition) is 1. The average Bonchev–Trinajstić information content (AvgIpc) is 2.96. The van der Waals surface area contributed by atoms with E-state index < -0.39 is 5.41 Å². The second-order valence-corrected chi connectivity index (χ2v) is 8.73. The summed E-state index contributed by atoms with van der Waals surface area (Å²) in [7, 11) is 4.11. The zero-order valence-corrected chi connectivity index (χ0v) is 19.7. The molecule has 1 aliphatic rings. The number of likely N-dealkylation sites (tertiary alicyclic amines) is 1. The van der Waals surface area contributed by atoms with E-state index >= 15 is 0 Å². The van der Waals surface area contributed by atoms with E-state index in [1.165, 1.54) is 19.4 Å². The van der Waals surface area contributed by atoms with Gasteiger partial charge in [-0.25, -0.2) is 0 Å². The Kier molecular flexibility index (Phi) is 7.32. The molecule has 1 saturated heterocycles. The molecule has 1 N–H and O–H groups in total. The summed E-state index contributed by atoms with van der Waals surface area (Å²) in [5.74, 6) is 0.0727. The Morgan fingerprint density at radius 2 is 1.54 bits per heavy atom. The predicted octanol–water partition coefficient (Wildman–Crippen LogP) is 1.13. The van der Waals surface area contributed by atoms with Gasteiger partial charge in [-0.2, -0.15) is 0 Å². The van der Waals surface area contributed by atoms with Crippen LogP contribution in [-0.4, -0.2) is 43.1 Å². The highest BCUT2D eigenvalue weighted by atomic mass is 127. The summed E-state index contributed by atoms with van der Waals surface area (Å²) in [5.41, 5.74) is 1.72. The summed E-state index contributed by atoms with van der Waals surface area (Å²) in [6.07, 6.45) is 3.29. The fourth-order valence-corrected chi connectivity index (χ4v) is 4.75. The highest BCUT2D eigenvalue weighted by Crippen LogP contribution is 2.41. The molecule has 2 aromatic rings. The maximum absolute atomic E-state index is 13.4. The number of amides is 1. The molecule has 1 unspecified atom stereocenters. The first kappa shape index (κ1) is 22.9. The average molecular weight is 492 g/mol. The number of carbonyl (C=O) groups is 1. The van der Waals surface area contributed by atoms with E-state index in [4.69, 9.17) is 0 Å². The summed E-state index contributed by atoms with van der Waals surface area (Å²) in [5, 5.41) is 2.97. The highest BCUT2D eigenvalue weighted by Gasteiger charge is 2.48. The molecule has 0 spiro atoms. The molecule has 1 heterocycles. The number of rotatable bonds is 6. The first-order chi connectivity index (χ1) is 12.9. The standard InChI is InChI=1S/C24H32N2O.HI/c1-23(2)16-11-18-26(23,4)19-17-24(22(27)25-3,20-12-7-5-8-13-20)21-14-9-6-10-15-21;/h5-10,12-15H,11,16-19H2,1-4H3;1H. The summed E-state index contributed by atoms with van der Waals surface area (Å²) < 4.78 is 1.02. The Morgan fingerprint density at radius 3 is 1.93 bits per heavy atom. The zero-order chi connectivity index (χ0) is 19.5. The number of carbonyl (C=O) groups excluding carboxylic acids is 1. The van der Waals surface area contributed by atoms with Gasteiger partial charge in [-0.05, 0) is 25.0 Å². The van der Waals surface area contributed by atoms with Crippen molar-refractivity contribution in [1.82, 2.24) is 5.32 Å². The van der Waals surface area contributed by atoms with Crippen molar-refractivity contribution >= 4 is 5.91 Å². The number of likely N-dealkylation sites (N-methyl/N-ethyl adjacent to an activating group) is 1. The van der Waals surface area contributed by atoms with Gasteiger partial charge in [-0.3, -0.25) is 4.79 Å². The van der Waals surface area contributed by atoms with Gasteiger partial charge in [0.2, 0.25) is 5.91 Å². The SMILES string of the molecule is CNC(=O)C(CC[N+]1(C)CCCC1(C)C)(c1ccccc1)c1ccccc1.[I-]. The molecule has 0 aliphatic carbocycles. The monoisotopic (exact) mass is 492 g/mol. The van der Waals surface area contributed by atoms with E-state index in [0.29, 0.717) is 0 Å². The lowest BCUT2D eigenvalue weighted by Gasteiger charge is -2.45. The maximum atomic E-state index is 13.4. The minimum Gasteiger partial charge on any atom is -1.00 e. The quantitative estimate of drug-likeness (QED) is 0.476. The molecule has 2 aromatic carbocycles. The topological polar surface area (TPSA) is 29.1 Å². The summed E-state index contributed by atoms with van der Waals surface area (Å²) in [6, 6.07) is 20.5. The summed E-state index contributed by atoms with van der Waals surface area (Å²) in [6.45, 7) is 6.89. The van der Waals surface area contributed by atoms with Crippen LogP contribution in [-0.2, 0) is 10.2 Å². The van der Waals surface area contributed by atoms with Crippen molar-refractivity contribution in [2.75, 3.05) is 27.2 Å². The predicted molar refractivity (Wildman–Crippen MR) is 112 cm³/mol. The molecule has 28 heavy (non-hydrogen) atoms. The van der Waals surface area contributed by atoms with Crippen LogP contribution in [0.3, 0.4) is 0 Å². The van der Waals surface area contributed by atoms with Gasteiger partial charge in [0.15, 0.2) is 0 Å². The van der Waals surface area contributed by atoms with Gasteiger partial charge in [-0.1, -0.05) is 60.7 Å². The molecule has 0 saturated carbocycles. The smallest absolute Gasteiger partial charge is 0.235 e. The van der Waals surface area contributed by atoms with Crippen LogP contribution in [0.25, 0.3) is 0 Å². The minimum atomic E-state index is -0.669. The van der Waals surface area contributed by atoms with Crippen molar-refractivity contribution in [1.29, 1.82) is 0 Å². The van der Waals surface area contributed by atoms with E-state index in [1.807, 2.05) is 36.4 Å². The van der Waals surface area contributed by atoms with E-state index in [9.17, 15) is 4.79 Å². The summed E-state index contributed by atoms with van der Waals surface area (Å²) >= 11 is 0. The molecule has 4 heteroatoms. The lowest BCUT2D eigenvalue weighted by Crippen LogP contribution is -3.00. The van der Waals surface area contributed by atoms with Crippen molar-refractivity contribution in [2.24, 2.45) is 0 Å². The van der Waals surface area contributed by atoms with Crippen LogP contribution in [0.5, 0.6) is 0 Å². The number of nitrogens with zero attached hydrogens (tertiary/aromatic N) is 1. The molecular formula is C24H33IN2O. The molecule has 1 atom stereocenters. The number of hydrogen-bond donors (Lipinski definition) is 1. The van der Waals surface area contributed by atoms with Crippen LogP contribution in [0.15, 0.2) is 60.7 Å². The van der Waals surface area contributed by atoms with E-state index in [0.717, 1.165) is 28.6 Å². The molecule has 0 radical (unpaired) electrons. The second-order valence-electron chi connectivity index (χ2n) is 8.73. The number of halogens is 1. The van der Waals surface area contributed by atoms with Crippen molar-refractivity contribution < 1.29 is 33.3 Å². The molecule has 0 bridgehead atoms. The maximum Gasteiger partial charge on any atom is 0.235 e. The lowest BCUT2D eigenvalue weighted by molar-refractivity contribution is -0.943. The third-order valence-corrected chi connectivity index (χ3v) is 7.03. The third kappa shape index (κ3) is 3.99. The molecule has 152 valence electrons. The van der Waals surface area contributed by atoms with Gasteiger partial charge >= 0.3 is 0 Å². The van der Waals surface area contributed by atoms with Crippen LogP contribution < -0.4 is 29.3 Å². The Labute approximate surface area is 187 Å². The summed E-state index contributed by atoms with van der Waals surface area (Å²) in [4.78, 5) is 13.4. The Bertz CT molecular complexity index is 736. The molecule has 1 fully saturated rings. The van der Waals surface area contributed by atoms with Gasteiger partial charge < -0.3 is 33.8 Å².